The molecule has 0 aromatic heterocycles. The molecule has 3 unspecified atom stereocenters. The first-order valence-corrected chi connectivity index (χ1v) is 7.53. The Bertz CT molecular complexity index is 199. The second kappa shape index (κ2) is 5.53. The lowest BCUT2D eigenvalue weighted by Gasteiger charge is -2.32. The summed E-state index contributed by atoms with van der Waals surface area (Å²) in [4.78, 5) is 0. The van der Waals surface area contributed by atoms with Crippen molar-refractivity contribution in [2.24, 2.45) is 23.7 Å². The topological polar surface area (TPSA) is 12.0 Å². The summed E-state index contributed by atoms with van der Waals surface area (Å²) in [5, 5.41) is 3.85. The first-order chi connectivity index (χ1) is 7.80. The Kier molecular flexibility index (Phi) is 4.29. The second-order valence-electron chi connectivity index (χ2n) is 6.04. The molecule has 2 aliphatic rings. The summed E-state index contributed by atoms with van der Waals surface area (Å²) in [6.07, 6.45) is 8.59. The van der Waals surface area contributed by atoms with Crippen molar-refractivity contribution in [3.63, 3.8) is 0 Å². The summed E-state index contributed by atoms with van der Waals surface area (Å²) >= 11 is 0. The molecule has 0 aromatic rings. The second-order valence-corrected chi connectivity index (χ2v) is 6.04. The fourth-order valence-corrected chi connectivity index (χ4v) is 3.88. The van der Waals surface area contributed by atoms with E-state index in [9.17, 15) is 0 Å². The summed E-state index contributed by atoms with van der Waals surface area (Å²) in [6, 6.07) is 0.822. The third-order valence-electron chi connectivity index (χ3n) is 4.97. The zero-order valence-corrected chi connectivity index (χ0v) is 11.3. The van der Waals surface area contributed by atoms with E-state index < -0.39 is 0 Å². The molecule has 0 spiro atoms. The van der Waals surface area contributed by atoms with E-state index in [4.69, 9.17) is 0 Å². The highest BCUT2D eigenvalue weighted by Crippen LogP contribution is 2.55. The molecular formula is C15H29N. The van der Waals surface area contributed by atoms with Gasteiger partial charge in [-0.1, -0.05) is 33.6 Å². The maximum Gasteiger partial charge on any atom is 0.0124 e. The molecule has 1 nitrogen and oxygen atoms in total. The number of rotatable bonds is 7. The monoisotopic (exact) mass is 223 g/mol. The Hall–Kier alpha value is -0.0400. The van der Waals surface area contributed by atoms with E-state index in [-0.39, 0.29) is 0 Å². The van der Waals surface area contributed by atoms with Crippen LogP contribution in [0.25, 0.3) is 0 Å². The van der Waals surface area contributed by atoms with Gasteiger partial charge in [0.2, 0.25) is 0 Å². The van der Waals surface area contributed by atoms with Crippen molar-refractivity contribution in [3.05, 3.63) is 0 Å². The maximum absolute atomic E-state index is 3.85. The first-order valence-electron chi connectivity index (χ1n) is 7.53. The lowest BCUT2D eigenvalue weighted by atomic mass is 9.82. The van der Waals surface area contributed by atoms with Gasteiger partial charge in [-0.25, -0.2) is 0 Å². The van der Waals surface area contributed by atoms with Crippen molar-refractivity contribution in [1.82, 2.24) is 5.32 Å². The minimum atomic E-state index is 0.822. The molecule has 2 rings (SSSR count). The van der Waals surface area contributed by atoms with E-state index in [0.717, 1.165) is 29.7 Å². The summed E-state index contributed by atoms with van der Waals surface area (Å²) in [5.74, 6) is 4.17. The van der Waals surface area contributed by atoms with Gasteiger partial charge < -0.3 is 5.32 Å². The van der Waals surface area contributed by atoms with Crippen LogP contribution in [-0.4, -0.2) is 12.6 Å². The van der Waals surface area contributed by atoms with E-state index in [0.29, 0.717) is 0 Å². The van der Waals surface area contributed by atoms with E-state index in [1.165, 1.54) is 38.6 Å². The summed E-state index contributed by atoms with van der Waals surface area (Å²) in [7, 11) is 0. The molecule has 0 aliphatic heterocycles. The van der Waals surface area contributed by atoms with Crippen LogP contribution >= 0.6 is 0 Å². The molecule has 2 saturated carbocycles. The molecule has 94 valence electrons. The van der Waals surface area contributed by atoms with Crippen molar-refractivity contribution in [3.8, 4) is 0 Å². The zero-order chi connectivity index (χ0) is 11.5. The molecular weight excluding hydrogens is 194 g/mol. The van der Waals surface area contributed by atoms with Crippen LogP contribution in [0.15, 0.2) is 0 Å². The SMILES string of the molecule is CCCNC(C(CC)CC)C1CC2CC2C1. The fraction of sp³-hybridized carbons (Fsp3) is 1.00. The van der Waals surface area contributed by atoms with Crippen LogP contribution in [0, 0.1) is 23.7 Å². The molecule has 0 aromatic carbocycles. The lowest BCUT2D eigenvalue weighted by Crippen LogP contribution is -2.42. The number of hydrogen-bond acceptors (Lipinski definition) is 1. The van der Waals surface area contributed by atoms with Crippen molar-refractivity contribution in [2.75, 3.05) is 6.54 Å². The molecule has 0 radical (unpaired) electrons. The highest BCUT2D eigenvalue weighted by Gasteiger charge is 2.48. The molecule has 3 atom stereocenters. The van der Waals surface area contributed by atoms with Crippen LogP contribution in [0.1, 0.15) is 59.3 Å². The third-order valence-corrected chi connectivity index (χ3v) is 4.97. The van der Waals surface area contributed by atoms with Crippen LogP contribution in [0.3, 0.4) is 0 Å². The van der Waals surface area contributed by atoms with Gasteiger partial charge >= 0.3 is 0 Å². The molecule has 0 saturated heterocycles. The third kappa shape index (κ3) is 2.61. The normalized spacial score (nSPS) is 34.1. The molecule has 1 N–H and O–H groups in total. The predicted molar refractivity (Wildman–Crippen MR) is 70.5 cm³/mol. The molecule has 0 amide bonds. The molecule has 2 aliphatic carbocycles. The van der Waals surface area contributed by atoms with E-state index in [1.807, 2.05) is 0 Å². The first kappa shape index (κ1) is 12.4. The summed E-state index contributed by atoms with van der Waals surface area (Å²) in [6.45, 7) is 8.23. The number of fused-ring (bicyclic) bond motifs is 1. The van der Waals surface area contributed by atoms with Gasteiger partial charge in [0, 0.05) is 6.04 Å². The molecule has 16 heavy (non-hydrogen) atoms. The number of hydrogen-bond donors (Lipinski definition) is 1. The maximum atomic E-state index is 3.85. The van der Waals surface area contributed by atoms with Gasteiger partial charge in [-0.05, 0) is 55.9 Å². The van der Waals surface area contributed by atoms with Crippen LogP contribution in [-0.2, 0) is 0 Å². The highest BCUT2D eigenvalue weighted by atomic mass is 14.9. The average molecular weight is 223 g/mol. The minimum absolute atomic E-state index is 0.822. The van der Waals surface area contributed by atoms with Crippen LogP contribution < -0.4 is 5.32 Å². The zero-order valence-electron chi connectivity index (χ0n) is 11.3. The van der Waals surface area contributed by atoms with Gasteiger partial charge in [-0.15, -0.1) is 0 Å². The summed E-state index contributed by atoms with van der Waals surface area (Å²) in [5.41, 5.74) is 0. The van der Waals surface area contributed by atoms with Crippen molar-refractivity contribution in [1.29, 1.82) is 0 Å². The van der Waals surface area contributed by atoms with Gasteiger partial charge in [-0.3, -0.25) is 0 Å². The Balaban J connectivity index is 1.90. The van der Waals surface area contributed by atoms with Crippen molar-refractivity contribution < 1.29 is 0 Å². The van der Waals surface area contributed by atoms with Gasteiger partial charge in [0.25, 0.3) is 0 Å². The molecule has 0 heterocycles. The largest absolute Gasteiger partial charge is 0.313 e. The van der Waals surface area contributed by atoms with E-state index >= 15 is 0 Å². The van der Waals surface area contributed by atoms with Crippen LogP contribution in [0.5, 0.6) is 0 Å². The quantitative estimate of drug-likeness (QED) is 0.691. The predicted octanol–water partition coefficient (Wildman–Crippen LogP) is 3.84. The summed E-state index contributed by atoms with van der Waals surface area (Å²) < 4.78 is 0. The average Bonchev–Trinajstić information content (AvgIpc) is 2.92. The Morgan fingerprint density at radius 3 is 2.12 bits per heavy atom. The molecule has 2 fully saturated rings. The van der Waals surface area contributed by atoms with E-state index in [1.54, 1.807) is 6.42 Å². The standard InChI is InChI=1S/C15H29N/c1-4-7-16-15(11(5-2)6-3)14-9-12-8-13(12)10-14/h11-16H,4-10H2,1-3H3. The fourth-order valence-electron chi connectivity index (χ4n) is 3.88. The molecule has 1 heteroatoms. The van der Waals surface area contributed by atoms with Gasteiger partial charge in [0.1, 0.15) is 0 Å². The van der Waals surface area contributed by atoms with Gasteiger partial charge in [0.05, 0.1) is 0 Å². The Morgan fingerprint density at radius 2 is 1.62 bits per heavy atom. The van der Waals surface area contributed by atoms with Gasteiger partial charge in [-0.2, -0.15) is 0 Å². The number of nitrogens with one attached hydrogen (secondary N) is 1. The minimum Gasteiger partial charge on any atom is -0.313 e. The highest BCUT2D eigenvalue weighted by molar-refractivity contribution is 5.00. The van der Waals surface area contributed by atoms with Gasteiger partial charge in [0.15, 0.2) is 0 Å². The lowest BCUT2D eigenvalue weighted by molar-refractivity contribution is 0.234. The van der Waals surface area contributed by atoms with Crippen molar-refractivity contribution >= 4 is 0 Å². The van der Waals surface area contributed by atoms with Crippen LogP contribution in [0.4, 0.5) is 0 Å². The molecule has 0 bridgehead atoms. The van der Waals surface area contributed by atoms with Crippen molar-refractivity contribution in [2.45, 2.75) is 65.3 Å². The van der Waals surface area contributed by atoms with E-state index in [2.05, 4.69) is 26.1 Å². The Labute approximate surface area is 101 Å². The Morgan fingerprint density at radius 1 is 1.00 bits per heavy atom. The van der Waals surface area contributed by atoms with Crippen LogP contribution in [0.2, 0.25) is 0 Å². The smallest absolute Gasteiger partial charge is 0.0124 e.